The van der Waals surface area contributed by atoms with Gasteiger partial charge in [-0.15, -0.1) is 0 Å². The van der Waals surface area contributed by atoms with Crippen LogP contribution in [0.2, 0.25) is 0 Å². The first-order chi connectivity index (χ1) is 8.69. The Hall–Kier alpha value is -1.60. The molecular formula is C14H17FN2O. The highest BCUT2D eigenvalue weighted by molar-refractivity contribution is 5.48. The summed E-state index contributed by atoms with van der Waals surface area (Å²) in [5.41, 5.74) is 0.647. The fourth-order valence-corrected chi connectivity index (χ4v) is 2.52. The molecule has 0 atom stereocenters. The number of nitrogens with zero attached hydrogens (tertiary/aromatic N) is 1. The average molecular weight is 248 g/mol. The van der Waals surface area contributed by atoms with E-state index in [0.717, 1.165) is 25.7 Å². The van der Waals surface area contributed by atoms with Crippen molar-refractivity contribution in [2.24, 2.45) is 5.41 Å². The third-order valence-electron chi connectivity index (χ3n) is 3.76. The van der Waals surface area contributed by atoms with Crippen molar-refractivity contribution in [3.05, 3.63) is 29.6 Å². The Balaban J connectivity index is 2.02. The van der Waals surface area contributed by atoms with E-state index in [1.54, 1.807) is 12.1 Å². The van der Waals surface area contributed by atoms with Crippen molar-refractivity contribution in [1.29, 1.82) is 5.26 Å². The second-order valence-electron chi connectivity index (χ2n) is 5.03. The van der Waals surface area contributed by atoms with Gasteiger partial charge in [0.25, 0.3) is 0 Å². The molecule has 2 rings (SSSR count). The van der Waals surface area contributed by atoms with E-state index in [0.29, 0.717) is 12.2 Å². The van der Waals surface area contributed by atoms with Crippen LogP contribution < -0.4 is 5.32 Å². The predicted octanol–water partition coefficient (Wildman–Crippen LogP) is 2.66. The Morgan fingerprint density at radius 2 is 2.11 bits per heavy atom. The lowest BCUT2D eigenvalue weighted by atomic mass is 9.87. The van der Waals surface area contributed by atoms with Crippen LogP contribution in [-0.2, 0) is 0 Å². The number of anilines is 1. The van der Waals surface area contributed by atoms with Crippen molar-refractivity contribution in [2.75, 3.05) is 18.5 Å². The average Bonchev–Trinajstić information content (AvgIpc) is 2.86. The SMILES string of the molecule is N#Cc1ccc(NCC2(CO)CCCC2)cc1F. The molecule has 0 aliphatic heterocycles. The number of hydrogen-bond donors (Lipinski definition) is 2. The van der Waals surface area contributed by atoms with Crippen molar-refractivity contribution >= 4 is 5.69 Å². The summed E-state index contributed by atoms with van der Waals surface area (Å²) in [4.78, 5) is 0. The summed E-state index contributed by atoms with van der Waals surface area (Å²) >= 11 is 0. The number of rotatable bonds is 4. The topological polar surface area (TPSA) is 56.0 Å². The molecule has 3 nitrogen and oxygen atoms in total. The summed E-state index contributed by atoms with van der Waals surface area (Å²) in [6, 6.07) is 6.29. The van der Waals surface area contributed by atoms with Gasteiger partial charge in [0.1, 0.15) is 11.9 Å². The van der Waals surface area contributed by atoms with E-state index >= 15 is 0 Å². The van der Waals surface area contributed by atoms with Crippen LogP contribution in [0, 0.1) is 22.6 Å². The predicted molar refractivity (Wildman–Crippen MR) is 67.6 cm³/mol. The molecule has 1 fully saturated rings. The van der Waals surface area contributed by atoms with Gasteiger partial charge in [-0.05, 0) is 31.0 Å². The monoisotopic (exact) mass is 248 g/mol. The smallest absolute Gasteiger partial charge is 0.143 e. The van der Waals surface area contributed by atoms with E-state index in [9.17, 15) is 9.50 Å². The lowest BCUT2D eigenvalue weighted by molar-refractivity contribution is 0.142. The number of aliphatic hydroxyl groups excluding tert-OH is 1. The molecule has 1 aliphatic rings. The lowest BCUT2D eigenvalue weighted by Crippen LogP contribution is -2.30. The molecule has 1 aliphatic carbocycles. The molecule has 1 aromatic rings. The quantitative estimate of drug-likeness (QED) is 0.861. The van der Waals surface area contributed by atoms with Gasteiger partial charge >= 0.3 is 0 Å². The molecule has 1 saturated carbocycles. The molecule has 96 valence electrons. The summed E-state index contributed by atoms with van der Waals surface area (Å²) in [6.07, 6.45) is 4.30. The fraction of sp³-hybridized carbons (Fsp3) is 0.500. The first kappa shape index (κ1) is 12.8. The van der Waals surface area contributed by atoms with Gasteiger partial charge in [-0.3, -0.25) is 0 Å². The molecule has 0 bridgehead atoms. The van der Waals surface area contributed by atoms with Gasteiger partial charge in [-0.2, -0.15) is 5.26 Å². The largest absolute Gasteiger partial charge is 0.396 e. The number of hydrogen-bond acceptors (Lipinski definition) is 3. The molecule has 18 heavy (non-hydrogen) atoms. The second kappa shape index (κ2) is 5.36. The highest BCUT2D eigenvalue weighted by Crippen LogP contribution is 2.37. The molecule has 0 unspecified atom stereocenters. The summed E-state index contributed by atoms with van der Waals surface area (Å²) in [5.74, 6) is -0.507. The lowest BCUT2D eigenvalue weighted by Gasteiger charge is -2.27. The third kappa shape index (κ3) is 2.62. The Bertz CT molecular complexity index is 461. The Morgan fingerprint density at radius 1 is 1.39 bits per heavy atom. The number of nitriles is 1. The maximum Gasteiger partial charge on any atom is 0.143 e. The molecule has 1 aromatic carbocycles. The minimum absolute atomic E-state index is 0.0540. The molecule has 2 N–H and O–H groups in total. The van der Waals surface area contributed by atoms with E-state index in [1.165, 1.54) is 12.1 Å². The maximum atomic E-state index is 13.4. The molecule has 0 spiro atoms. The van der Waals surface area contributed by atoms with Gasteiger partial charge < -0.3 is 10.4 Å². The molecular weight excluding hydrogens is 231 g/mol. The van der Waals surface area contributed by atoms with E-state index in [1.807, 2.05) is 0 Å². The maximum absolute atomic E-state index is 13.4. The normalized spacial score (nSPS) is 17.4. The minimum Gasteiger partial charge on any atom is -0.396 e. The molecule has 0 amide bonds. The van der Waals surface area contributed by atoms with Crippen LogP contribution in [0.1, 0.15) is 31.2 Å². The number of nitrogens with one attached hydrogen (secondary N) is 1. The van der Waals surface area contributed by atoms with Crippen molar-refractivity contribution in [3.8, 4) is 6.07 Å². The summed E-state index contributed by atoms with van der Waals surface area (Å²) in [7, 11) is 0. The zero-order valence-corrected chi connectivity index (χ0v) is 10.2. The van der Waals surface area contributed by atoms with E-state index in [2.05, 4.69) is 5.32 Å². The Labute approximate surface area is 106 Å². The zero-order valence-electron chi connectivity index (χ0n) is 10.2. The molecule has 0 heterocycles. The van der Waals surface area contributed by atoms with Crippen LogP contribution in [0.25, 0.3) is 0 Å². The van der Waals surface area contributed by atoms with Crippen LogP contribution >= 0.6 is 0 Å². The van der Waals surface area contributed by atoms with Crippen molar-refractivity contribution in [1.82, 2.24) is 0 Å². The Kier molecular flexibility index (Phi) is 3.83. The number of halogens is 1. The fourth-order valence-electron chi connectivity index (χ4n) is 2.52. The summed E-state index contributed by atoms with van der Waals surface area (Å²) in [6.45, 7) is 0.813. The first-order valence-electron chi connectivity index (χ1n) is 6.23. The van der Waals surface area contributed by atoms with Crippen LogP contribution in [0.15, 0.2) is 18.2 Å². The van der Waals surface area contributed by atoms with Gasteiger partial charge in [0.05, 0.1) is 12.2 Å². The van der Waals surface area contributed by atoms with Gasteiger partial charge in [0.2, 0.25) is 0 Å². The van der Waals surface area contributed by atoms with Crippen molar-refractivity contribution in [3.63, 3.8) is 0 Å². The van der Waals surface area contributed by atoms with Gasteiger partial charge in [-0.25, -0.2) is 4.39 Å². The summed E-state index contributed by atoms with van der Waals surface area (Å²) < 4.78 is 13.4. The van der Waals surface area contributed by atoms with Crippen LogP contribution in [0.4, 0.5) is 10.1 Å². The highest BCUT2D eigenvalue weighted by Gasteiger charge is 2.32. The first-order valence-corrected chi connectivity index (χ1v) is 6.23. The minimum atomic E-state index is -0.507. The Morgan fingerprint density at radius 3 is 2.67 bits per heavy atom. The molecule has 0 aromatic heterocycles. The third-order valence-corrected chi connectivity index (χ3v) is 3.76. The zero-order chi connectivity index (χ0) is 13.0. The van der Waals surface area contributed by atoms with Crippen molar-refractivity contribution in [2.45, 2.75) is 25.7 Å². The highest BCUT2D eigenvalue weighted by atomic mass is 19.1. The van der Waals surface area contributed by atoms with E-state index in [4.69, 9.17) is 5.26 Å². The standard InChI is InChI=1S/C14H17FN2O/c15-13-7-12(4-3-11(13)8-16)17-9-14(10-18)5-1-2-6-14/h3-4,7,17-18H,1-2,5-6,9-10H2. The van der Waals surface area contributed by atoms with Gasteiger partial charge in [-0.1, -0.05) is 12.8 Å². The molecule has 0 saturated heterocycles. The van der Waals surface area contributed by atoms with Crippen LogP contribution in [0.3, 0.4) is 0 Å². The number of benzene rings is 1. The van der Waals surface area contributed by atoms with Crippen LogP contribution in [-0.4, -0.2) is 18.3 Å². The van der Waals surface area contributed by atoms with Gasteiger partial charge in [0, 0.05) is 17.6 Å². The van der Waals surface area contributed by atoms with Gasteiger partial charge in [0.15, 0.2) is 0 Å². The second-order valence-corrected chi connectivity index (χ2v) is 5.03. The van der Waals surface area contributed by atoms with Crippen LogP contribution in [0.5, 0.6) is 0 Å². The van der Waals surface area contributed by atoms with E-state index < -0.39 is 5.82 Å². The summed E-state index contributed by atoms with van der Waals surface area (Å²) in [5, 5.41) is 21.3. The number of aliphatic hydroxyl groups is 1. The molecule has 4 heteroatoms. The van der Waals surface area contributed by atoms with Crippen molar-refractivity contribution < 1.29 is 9.50 Å². The molecule has 0 radical (unpaired) electrons. The van der Waals surface area contributed by atoms with E-state index in [-0.39, 0.29) is 17.6 Å².